The third-order valence-electron chi connectivity index (χ3n) is 5.29. The second kappa shape index (κ2) is 10.7. The van der Waals surface area contributed by atoms with E-state index in [0.29, 0.717) is 11.3 Å². The van der Waals surface area contributed by atoms with Gasteiger partial charge >= 0.3 is 0 Å². The molecule has 0 aromatic heterocycles. The van der Waals surface area contributed by atoms with Crippen molar-refractivity contribution in [2.45, 2.75) is 39.0 Å². The molecule has 0 unspecified atom stereocenters. The third kappa shape index (κ3) is 5.16. The second-order valence-electron chi connectivity index (χ2n) is 7.46. The molecule has 1 aromatic rings. The zero-order valence-corrected chi connectivity index (χ0v) is 17.8. The highest BCUT2D eigenvalue weighted by Gasteiger charge is 2.18. The van der Waals surface area contributed by atoms with Crippen LogP contribution in [-0.4, -0.2) is 31.7 Å². The molecular formula is C23H31N4O3-. The van der Waals surface area contributed by atoms with Crippen molar-refractivity contribution in [2.24, 2.45) is 0 Å². The van der Waals surface area contributed by atoms with E-state index in [-0.39, 0.29) is 10.3 Å². The lowest BCUT2D eigenvalue weighted by atomic mass is 10.0. The molecule has 1 aliphatic heterocycles. The number of nitrogens with zero attached hydrogens (tertiary/aromatic N) is 1. The highest BCUT2D eigenvalue weighted by atomic mass is 16.8. The first-order valence-corrected chi connectivity index (χ1v) is 10.7. The van der Waals surface area contributed by atoms with E-state index in [2.05, 4.69) is 22.5 Å². The summed E-state index contributed by atoms with van der Waals surface area (Å²) in [6.45, 7) is 4.89. The summed E-state index contributed by atoms with van der Waals surface area (Å²) in [4.78, 5) is 2.99. The molecule has 0 saturated heterocycles. The standard InChI is InChI=1S/C23H31N4O3/c1-3-4-5-6-13-24-14-8-15-25-23-18-16-17(30-2)11-12-19(18)26-20-9-7-10-21(22(20)23)27(28)29/h7,9-12,16,24-26H,3-6,8,13-15H2,1-2H3/q-1. The van der Waals surface area contributed by atoms with Gasteiger partial charge < -0.3 is 30.8 Å². The molecule has 1 heterocycles. The van der Waals surface area contributed by atoms with E-state index in [0.717, 1.165) is 48.3 Å². The third-order valence-corrected chi connectivity index (χ3v) is 5.29. The van der Waals surface area contributed by atoms with E-state index in [1.54, 1.807) is 19.2 Å². The van der Waals surface area contributed by atoms with Crippen molar-refractivity contribution in [1.82, 2.24) is 15.2 Å². The first-order valence-electron chi connectivity index (χ1n) is 10.7. The fourth-order valence-electron chi connectivity index (χ4n) is 3.72. The summed E-state index contributed by atoms with van der Waals surface area (Å²) in [5, 5.41) is 31.3. The number of rotatable bonds is 11. The molecule has 0 atom stereocenters. The Morgan fingerprint density at radius 1 is 1.00 bits per heavy atom. The van der Waals surface area contributed by atoms with Gasteiger partial charge in [0.15, 0.2) is 0 Å². The quantitative estimate of drug-likeness (QED) is 0.251. The fourth-order valence-corrected chi connectivity index (χ4v) is 3.72. The first-order chi connectivity index (χ1) is 14.7. The number of ether oxygens (including phenoxy) is 1. The minimum absolute atomic E-state index is 0.0880. The van der Waals surface area contributed by atoms with Crippen LogP contribution in [0.4, 0.5) is 5.69 Å². The average molecular weight is 412 g/mol. The number of H-pyrrole nitrogens is 1. The number of nitrogens with one attached hydrogen (secondary N) is 3. The van der Waals surface area contributed by atoms with E-state index in [4.69, 9.17) is 4.74 Å². The number of unbranched alkanes of at least 4 members (excludes halogenated alkanes) is 3. The van der Waals surface area contributed by atoms with Gasteiger partial charge in [0.05, 0.1) is 24.1 Å². The molecule has 1 aliphatic carbocycles. The van der Waals surface area contributed by atoms with Gasteiger partial charge in [-0.25, -0.2) is 0 Å². The number of methoxy groups -OCH3 is 1. The highest BCUT2D eigenvalue weighted by Crippen LogP contribution is 2.34. The number of anilines is 1. The van der Waals surface area contributed by atoms with Crippen molar-refractivity contribution in [3.05, 3.63) is 52.2 Å². The predicted molar refractivity (Wildman–Crippen MR) is 124 cm³/mol. The molecule has 30 heavy (non-hydrogen) atoms. The maximum Gasteiger partial charge on any atom is 0.234 e. The van der Waals surface area contributed by atoms with E-state index < -0.39 is 0 Å². The van der Waals surface area contributed by atoms with Gasteiger partial charge in [0.25, 0.3) is 0 Å². The number of pyridine rings is 1. The van der Waals surface area contributed by atoms with Crippen molar-refractivity contribution >= 4 is 16.6 Å². The number of hydrogen-bond acceptors (Lipinski definition) is 5. The van der Waals surface area contributed by atoms with Gasteiger partial charge in [0.1, 0.15) is 5.75 Å². The van der Waals surface area contributed by atoms with E-state index >= 15 is 0 Å². The van der Waals surface area contributed by atoms with Crippen LogP contribution in [-0.2, 0) is 0 Å². The van der Waals surface area contributed by atoms with Gasteiger partial charge in [-0.15, -0.1) is 0 Å². The molecule has 2 aliphatic rings. The summed E-state index contributed by atoms with van der Waals surface area (Å²) in [6.07, 6.45) is 5.94. The average Bonchev–Trinajstić information content (AvgIpc) is 2.76. The Balaban J connectivity index is 1.83. The Morgan fingerprint density at radius 2 is 1.83 bits per heavy atom. The highest BCUT2D eigenvalue weighted by molar-refractivity contribution is 6.01. The molecule has 1 aromatic carbocycles. The van der Waals surface area contributed by atoms with Gasteiger partial charge in [-0.1, -0.05) is 32.3 Å². The monoisotopic (exact) mass is 411 g/mol. The fraction of sp³-hybridized carbons (Fsp3) is 0.435. The number of aromatic nitrogens is 1. The summed E-state index contributed by atoms with van der Waals surface area (Å²) in [7, 11) is 1.62. The van der Waals surface area contributed by atoms with Crippen molar-refractivity contribution in [3.8, 4) is 17.0 Å². The van der Waals surface area contributed by atoms with Gasteiger partial charge in [-0.3, -0.25) is 0 Å². The lowest BCUT2D eigenvalue weighted by Gasteiger charge is -2.18. The maximum absolute atomic E-state index is 11.7. The molecule has 0 radical (unpaired) electrons. The van der Waals surface area contributed by atoms with Crippen molar-refractivity contribution in [2.75, 3.05) is 32.1 Å². The molecular weight excluding hydrogens is 380 g/mol. The first kappa shape index (κ1) is 21.8. The zero-order chi connectivity index (χ0) is 21.3. The summed E-state index contributed by atoms with van der Waals surface area (Å²) in [5.74, 6) is 0.714. The van der Waals surface area contributed by atoms with Gasteiger partial charge in [-0.2, -0.15) is 4.90 Å². The molecule has 162 valence electrons. The van der Waals surface area contributed by atoms with Crippen molar-refractivity contribution in [3.63, 3.8) is 0 Å². The molecule has 0 bridgehead atoms. The largest absolute Gasteiger partial charge is 0.612 e. The van der Waals surface area contributed by atoms with Crippen LogP contribution in [0.3, 0.4) is 0 Å². The summed E-state index contributed by atoms with van der Waals surface area (Å²) >= 11 is 0. The lowest BCUT2D eigenvalue weighted by molar-refractivity contribution is 0.415. The van der Waals surface area contributed by atoms with Crippen LogP contribution in [0.2, 0.25) is 0 Å². The Kier molecular flexibility index (Phi) is 7.79. The Labute approximate surface area is 177 Å². The summed E-state index contributed by atoms with van der Waals surface area (Å²) in [6, 6.07) is 10.9. The smallest absolute Gasteiger partial charge is 0.234 e. The molecule has 0 amide bonds. The van der Waals surface area contributed by atoms with Crippen LogP contribution < -0.4 is 25.6 Å². The van der Waals surface area contributed by atoms with E-state index in [1.807, 2.05) is 24.3 Å². The summed E-state index contributed by atoms with van der Waals surface area (Å²) < 4.78 is 5.38. The number of benzene rings is 2. The minimum atomic E-state index is -0.328. The van der Waals surface area contributed by atoms with Crippen LogP contribution in [0.25, 0.3) is 22.2 Å². The normalized spacial score (nSPS) is 11.1. The van der Waals surface area contributed by atoms with Crippen molar-refractivity contribution < 1.29 is 4.74 Å². The minimum Gasteiger partial charge on any atom is -0.612 e. The Bertz CT molecular complexity index is 995. The molecule has 0 spiro atoms. The predicted octanol–water partition coefficient (Wildman–Crippen LogP) is 4.02. The lowest BCUT2D eigenvalue weighted by Crippen LogP contribution is -2.24. The zero-order valence-electron chi connectivity index (χ0n) is 17.8. The topological polar surface area (TPSA) is 98.2 Å². The maximum atomic E-state index is 11.7. The number of fused-ring (bicyclic) bond motifs is 2. The van der Waals surface area contributed by atoms with Crippen molar-refractivity contribution in [1.29, 1.82) is 0 Å². The Hall–Kier alpha value is -2.93. The molecule has 0 saturated carbocycles. The number of hydrogen-bond donors (Lipinski definition) is 3. The van der Waals surface area contributed by atoms with Gasteiger partial charge in [0, 0.05) is 23.5 Å². The Morgan fingerprint density at radius 3 is 2.60 bits per heavy atom. The molecule has 3 rings (SSSR count). The van der Waals surface area contributed by atoms with Crippen LogP contribution >= 0.6 is 0 Å². The van der Waals surface area contributed by atoms with Gasteiger partial charge in [0.2, 0.25) is 5.36 Å². The number of aromatic amines is 1. The van der Waals surface area contributed by atoms with Gasteiger partial charge in [-0.05, 0) is 50.2 Å². The van der Waals surface area contributed by atoms with Crippen LogP contribution in [0.1, 0.15) is 39.0 Å². The molecule has 0 fully saturated rings. The van der Waals surface area contributed by atoms with E-state index in [1.165, 1.54) is 25.7 Å². The molecule has 7 nitrogen and oxygen atoms in total. The van der Waals surface area contributed by atoms with E-state index in [9.17, 15) is 10.4 Å². The second-order valence-corrected chi connectivity index (χ2v) is 7.46. The molecule has 3 N–H and O–H groups in total. The summed E-state index contributed by atoms with van der Waals surface area (Å²) in [5.41, 5.74) is 3.00. The van der Waals surface area contributed by atoms with Crippen LogP contribution in [0.15, 0.2) is 36.4 Å². The SMILES string of the molecule is CCCCCCNCCCNc1c2c(=[N+]([O-])[O-])cccc-2[nH]c2ccc(OC)cc12. The molecule has 7 heteroatoms. The van der Waals surface area contributed by atoms with Crippen LogP contribution in [0.5, 0.6) is 5.75 Å². The van der Waals surface area contributed by atoms with Crippen LogP contribution in [0, 0.1) is 10.4 Å².